The normalized spacial score (nSPS) is 13.6. The van der Waals surface area contributed by atoms with Crippen LogP contribution in [0.5, 0.6) is 0 Å². The van der Waals surface area contributed by atoms with Crippen molar-refractivity contribution >= 4 is 10.1 Å². The Labute approximate surface area is 104 Å². The molecule has 1 N–H and O–H groups in total. The summed E-state index contributed by atoms with van der Waals surface area (Å²) in [7, 11) is -4.10. The summed E-state index contributed by atoms with van der Waals surface area (Å²) in [5.74, 6) is 0.429. The molecule has 1 atom stereocenters. The Hall–Kier alpha value is -0.870. The molecule has 17 heavy (non-hydrogen) atoms. The number of rotatable bonds is 6. The zero-order valence-electron chi connectivity index (χ0n) is 10.4. The van der Waals surface area contributed by atoms with Crippen LogP contribution >= 0.6 is 0 Å². The van der Waals surface area contributed by atoms with Gasteiger partial charge < -0.3 is 0 Å². The molecule has 3 nitrogen and oxygen atoms in total. The second kappa shape index (κ2) is 6.17. The molecule has 0 amide bonds. The van der Waals surface area contributed by atoms with E-state index in [1.807, 2.05) is 0 Å². The van der Waals surface area contributed by atoms with E-state index in [9.17, 15) is 8.42 Å². The van der Waals surface area contributed by atoms with Gasteiger partial charge in [-0.25, -0.2) is 0 Å². The van der Waals surface area contributed by atoms with Gasteiger partial charge in [-0.05, 0) is 24.0 Å². The van der Waals surface area contributed by atoms with Crippen LogP contribution in [0.1, 0.15) is 38.7 Å². The van der Waals surface area contributed by atoms with Crippen LogP contribution in [0.15, 0.2) is 29.2 Å². The minimum Gasteiger partial charge on any atom is -0.282 e. The van der Waals surface area contributed by atoms with Gasteiger partial charge in [0, 0.05) is 0 Å². The zero-order chi connectivity index (χ0) is 12.9. The van der Waals surface area contributed by atoms with Crippen molar-refractivity contribution < 1.29 is 13.0 Å². The molecule has 0 bridgehead atoms. The van der Waals surface area contributed by atoms with E-state index in [0.717, 1.165) is 19.3 Å². The van der Waals surface area contributed by atoms with Crippen LogP contribution in [0, 0.1) is 5.92 Å². The fourth-order valence-electron chi connectivity index (χ4n) is 1.95. The van der Waals surface area contributed by atoms with Gasteiger partial charge in [-0.3, -0.25) is 4.55 Å². The van der Waals surface area contributed by atoms with Crippen molar-refractivity contribution in [2.24, 2.45) is 5.92 Å². The number of hydrogen-bond donors (Lipinski definition) is 1. The molecule has 0 aromatic heterocycles. The minimum absolute atomic E-state index is 0.0448. The highest BCUT2D eigenvalue weighted by molar-refractivity contribution is 7.85. The standard InChI is InChI=1S/C13H20O3S/c1-3-4-7-11(2)10-12-8-5-6-9-13(12)17(14,15)16/h5-6,8-9,11H,3-4,7,10H2,1-2H3,(H,14,15,16). The van der Waals surface area contributed by atoms with Crippen LogP contribution in [0.25, 0.3) is 0 Å². The van der Waals surface area contributed by atoms with Gasteiger partial charge in [0.05, 0.1) is 4.90 Å². The van der Waals surface area contributed by atoms with Gasteiger partial charge in [0.1, 0.15) is 0 Å². The molecule has 0 spiro atoms. The molecule has 96 valence electrons. The lowest BCUT2D eigenvalue weighted by Crippen LogP contribution is -2.07. The molecule has 0 saturated heterocycles. The maximum absolute atomic E-state index is 11.2. The van der Waals surface area contributed by atoms with Gasteiger partial charge in [0.15, 0.2) is 0 Å². The van der Waals surface area contributed by atoms with Crippen molar-refractivity contribution in [3.05, 3.63) is 29.8 Å². The first-order valence-corrected chi connectivity index (χ1v) is 7.44. The quantitative estimate of drug-likeness (QED) is 0.794. The third-order valence-electron chi connectivity index (χ3n) is 2.87. The maximum atomic E-state index is 11.2. The highest BCUT2D eigenvalue weighted by atomic mass is 32.2. The Bertz CT molecular complexity index is 451. The monoisotopic (exact) mass is 256 g/mol. The first-order chi connectivity index (χ1) is 7.95. The fourth-order valence-corrected chi connectivity index (χ4v) is 2.69. The Morgan fingerprint density at radius 2 is 1.94 bits per heavy atom. The Morgan fingerprint density at radius 1 is 1.29 bits per heavy atom. The summed E-state index contributed by atoms with van der Waals surface area (Å²) in [6.07, 6.45) is 4.06. The Balaban J connectivity index is 2.84. The second-order valence-electron chi connectivity index (χ2n) is 4.53. The summed E-state index contributed by atoms with van der Waals surface area (Å²) >= 11 is 0. The van der Waals surface area contributed by atoms with E-state index in [4.69, 9.17) is 4.55 Å². The second-order valence-corrected chi connectivity index (χ2v) is 5.92. The van der Waals surface area contributed by atoms with Crippen LogP contribution in [-0.4, -0.2) is 13.0 Å². The summed E-state index contributed by atoms with van der Waals surface area (Å²) in [6.45, 7) is 4.25. The molecule has 4 heteroatoms. The van der Waals surface area contributed by atoms with Gasteiger partial charge >= 0.3 is 0 Å². The highest BCUT2D eigenvalue weighted by Crippen LogP contribution is 2.21. The van der Waals surface area contributed by atoms with E-state index in [0.29, 0.717) is 17.9 Å². The van der Waals surface area contributed by atoms with Gasteiger partial charge in [-0.2, -0.15) is 8.42 Å². The molecule has 1 unspecified atom stereocenters. The lowest BCUT2D eigenvalue weighted by molar-refractivity contribution is 0.475. The van der Waals surface area contributed by atoms with Crippen molar-refractivity contribution in [1.29, 1.82) is 0 Å². The predicted molar refractivity (Wildman–Crippen MR) is 68.6 cm³/mol. The van der Waals surface area contributed by atoms with E-state index in [2.05, 4.69) is 13.8 Å². The fraction of sp³-hybridized carbons (Fsp3) is 0.538. The topological polar surface area (TPSA) is 54.4 Å². The first-order valence-electron chi connectivity index (χ1n) is 6.00. The molecular weight excluding hydrogens is 236 g/mol. The largest absolute Gasteiger partial charge is 0.294 e. The highest BCUT2D eigenvalue weighted by Gasteiger charge is 2.15. The molecule has 0 aliphatic rings. The molecule has 0 heterocycles. The molecule has 1 aromatic rings. The first kappa shape index (κ1) is 14.2. The van der Waals surface area contributed by atoms with Gasteiger partial charge in [-0.15, -0.1) is 0 Å². The van der Waals surface area contributed by atoms with Gasteiger partial charge in [-0.1, -0.05) is 51.3 Å². The smallest absolute Gasteiger partial charge is 0.282 e. The Kier molecular flexibility index (Phi) is 5.15. The average Bonchev–Trinajstić information content (AvgIpc) is 2.25. The van der Waals surface area contributed by atoms with Crippen molar-refractivity contribution in [2.75, 3.05) is 0 Å². The van der Waals surface area contributed by atoms with Gasteiger partial charge in [0.2, 0.25) is 0 Å². The molecule has 0 fully saturated rings. The van der Waals surface area contributed by atoms with Crippen molar-refractivity contribution in [3.63, 3.8) is 0 Å². The van der Waals surface area contributed by atoms with Crippen LogP contribution in [0.3, 0.4) is 0 Å². The summed E-state index contributed by atoms with van der Waals surface area (Å²) in [4.78, 5) is 0.0448. The zero-order valence-corrected chi connectivity index (χ0v) is 11.2. The third kappa shape index (κ3) is 4.48. The van der Waals surface area contributed by atoms with Crippen molar-refractivity contribution in [2.45, 2.75) is 44.4 Å². The van der Waals surface area contributed by atoms with Crippen LogP contribution in [0.4, 0.5) is 0 Å². The lowest BCUT2D eigenvalue weighted by Gasteiger charge is -2.12. The van der Waals surface area contributed by atoms with Gasteiger partial charge in [0.25, 0.3) is 10.1 Å². The van der Waals surface area contributed by atoms with E-state index >= 15 is 0 Å². The maximum Gasteiger partial charge on any atom is 0.294 e. The molecule has 1 rings (SSSR count). The van der Waals surface area contributed by atoms with E-state index < -0.39 is 10.1 Å². The summed E-state index contributed by atoms with van der Waals surface area (Å²) in [6, 6.07) is 6.66. The summed E-state index contributed by atoms with van der Waals surface area (Å²) < 4.78 is 31.5. The van der Waals surface area contributed by atoms with Crippen molar-refractivity contribution in [3.8, 4) is 0 Å². The molecule has 1 aromatic carbocycles. The predicted octanol–water partition coefficient (Wildman–Crippen LogP) is 3.30. The van der Waals surface area contributed by atoms with E-state index in [1.54, 1.807) is 18.2 Å². The van der Waals surface area contributed by atoms with E-state index in [1.165, 1.54) is 6.07 Å². The third-order valence-corrected chi connectivity index (χ3v) is 3.82. The SMILES string of the molecule is CCCCC(C)Cc1ccccc1S(=O)(=O)O. The number of hydrogen-bond acceptors (Lipinski definition) is 2. The summed E-state index contributed by atoms with van der Waals surface area (Å²) in [5, 5.41) is 0. The average molecular weight is 256 g/mol. The molecule has 0 aliphatic heterocycles. The number of benzene rings is 1. The van der Waals surface area contributed by atoms with Crippen LogP contribution in [0.2, 0.25) is 0 Å². The van der Waals surface area contributed by atoms with E-state index in [-0.39, 0.29) is 4.90 Å². The van der Waals surface area contributed by atoms with Crippen LogP contribution < -0.4 is 0 Å². The summed E-state index contributed by atoms with van der Waals surface area (Å²) in [5.41, 5.74) is 0.707. The Morgan fingerprint density at radius 3 is 2.53 bits per heavy atom. The molecule has 0 saturated carbocycles. The van der Waals surface area contributed by atoms with Crippen molar-refractivity contribution in [1.82, 2.24) is 0 Å². The van der Waals surface area contributed by atoms with Crippen LogP contribution in [-0.2, 0) is 16.5 Å². The number of unbranched alkanes of at least 4 members (excludes halogenated alkanes) is 1. The minimum atomic E-state index is -4.10. The molecule has 0 radical (unpaired) electrons. The lowest BCUT2D eigenvalue weighted by atomic mass is 9.96. The molecular formula is C13H20O3S. The molecule has 0 aliphatic carbocycles.